The lowest BCUT2D eigenvalue weighted by atomic mass is 10.6. The quantitative estimate of drug-likeness (QED) is 0.687. The molecule has 0 saturated carbocycles. The monoisotopic (exact) mass is 264 g/mol. The van der Waals surface area contributed by atoms with E-state index < -0.39 is 4.36 Å². The number of hydrogen-bond acceptors (Lipinski definition) is 1. The van der Waals surface area contributed by atoms with Crippen molar-refractivity contribution in [2.24, 2.45) is 0 Å². The molecule has 0 N–H and O–H groups in total. The Morgan fingerprint density at radius 3 is 1.70 bits per heavy atom. The molecule has 1 saturated heterocycles. The van der Waals surface area contributed by atoms with Gasteiger partial charge in [-0.25, -0.2) is 0 Å². The fourth-order valence-electron chi connectivity index (χ4n) is 0.516. The van der Waals surface area contributed by atoms with Gasteiger partial charge in [0.1, 0.15) is 0 Å². The van der Waals surface area contributed by atoms with Gasteiger partial charge >= 0.3 is 0 Å². The first-order valence-electron chi connectivity index (χ1n) is 2.40. The molecular weight excluding hydrogens is 261 g/mol. The second-order valence-corrected chi connectivity index (χ2v) is 22.1. The van der Waals surface area contributed by atoms with Crippen molar-refractivity contribution in [3.8, 4) is 0 Å². The summed E-state index contributed by atoms with van der Waals surface area (Å²) in [6.45, 7) is 0.575. The molecule has 1 nitrogen and oxygen atoms in total. The number of ether oxygens (including phenoxy) is 1. The van der Waals surface area contributed by atoms with E-state index in [4.69, 9.17) is 58.1 Å². The minimum Gasteiger partial charge on any atom is -0.372 e. The molecule has 7 heteroatoms. The Kier molecular flexibility index (Phi) is 1.95. The van der Waals surface area contributed by atoms with Crippen molar-refractivity contribution in [1.82, 2.24) is 0 Å². The lowest BCUT2D eigenvalue weighted by molar-refractivity contribution is 0.426. The van der Waals surface area contributed by atoms with Crippen LogP contribution < -0.4 is 0 Å². The first-order valence-corrected chi connectivity index (χ1v) is 9.15. The van der Waals surface area contributed by atoms with Gasteiger partial charge in [-0.3, -0.25) is 0 Å². The lowest BCUT2D eigenvalue weighted by Gasteiger charge is -2.49. The molecule has 0 aromatic rings. The summed E-state index contributed by atoms with van der Waals surface area (Å²) in [5.41, 5.74) is 0. The minimum atomic E-state index is -4.30. The first-order chi connectivity index (χ1) is 4.05. The summed E-state index contributed by atoms with van der Waals surface area (Å²) in [7, 11) is 27.9. The van der Waals surface area contributed by atoms with Crippen molar-refractivity contribution in [2.75, 3.05) is 12.4 Å². The SMILES string of the molecule is ClS(Cl)(Cl)(Cl)(Cl)CC1CO1. The van der Waals surface area contributed by atoms with Gasteiger partial charge in [0.05, 0.1) is 18.5 Å². The molecule has 0 aromatic carbocycles. The Morgan fingerprint density at radius 1 is 1.20 bits per heavy atom. The third kappa shape index (κ3) is 5.42. The van der Waals surface area contributed by atoms with Crippen LogP contribution in [0.25, 0.3) is 0 Å². The van der Waals surface area contributed by atoms with E-state index in [-0.39, 0.29) is 11.9 Å². The molecule has 0 amide bonds. The van der Waals surface area contributed by atoms with Gasteiger partial charge in [0.15, 0.2) is 0 Å². The molecule has 0 aromatic heterocycles. The van der Waals surface area contributed by atoms with E-state index in [0.717, 1.165) is 0 Å². The van der Waals surface area contributed by atoms with Crippen molar-refractivity contribution in [2.45, 2.75) is 6.10 Å². The van der Waals surface area contributed by atoms with Crippen LogP contribution in [0.3, 0.4) is 0 Å². The smallest absolute Gasteiger partial charge is 0.0923 e. The summed E-state index contributed by atoms with van der Waals surface area (Å²) in [6.07, 6.45) is -0.0795. The van der Waals surface area contributed by atoms with E-state index in [0.29, 0.717) is 6.61 Å². The van der Waals surface area contributed by atoms with Crippen LogP contribution in [0.4, 0.5) is 0 Å². The predicted octanol–water partition coefficient (Wildman–Crippen LogP) is 4.03. The highest BCUT2D eigenvalue weighted by atomic mass is 36.6. The summed E-state index contributed by atoms with van der Waals surface area (Å²) in [6, 6.07) is 0. The molecule has 0 spiro atoms. The average molecular weight is 266 g/mol. The van der Waals surface area contributed by atoms with Crippen LogP contribution >= 0.6 is 57.8 Å². The fraction of sp³-hybridized carbons (Fsp3) is 1.00. The molecule has 1 unspecified atom stereocenters. The van der Waals surface area contributed by atoms with Gasteiger partial charge in [-0.15, -0.1) is 0 Å². The van der Waals surface area contributed by atoms with Gasteiger partial charge in [-0.05, 0) is 53.4 Å². The zero-order valence-corrected chi connectivity index (χ0v) is 9.29. The van der Waals surface area contributed by atoms with Gasteiger partial charge in [-0.1, -0.05) is 0 Å². The first kappa shape index (κ1) is 9.85. The van der Waals surface area contributed by atoms with Crippen LogP contribution in [-0.2, 0) is 4.74 Å². The molecule has 1 atom stereocenters. The van der Waals surface area contributed by atoms with Gasteiger partial charge in [0, 0.05) is 4.36 Å². The highest BCUT2D eigenvalue weighted by Gasteiger charge is 2.55. The maximum atomic E-state index is 5.58. The number of halogens is 5. The van der Waals surface area contributed by atoms with Crippen LogP contribution in [0.15, 0.2) is 0 Å². The van der Waals surface area contributed by atoms with E-state index in [9.17, 15) is 0 Å². The second kappa shape index (κ2) is 1.98. The Balaban J connectivity index is 2.65. The lowest BCUT2D eigenvalue weighted by Crippen LogP contribution is -2.09. The average Bonchev–Trinajstić information content (AvgIpc) is 2.05. The van der Waals surface area contributed by atoms with E-state index in [2.05, 4.69) is 0 Å². The molecule has 1 fully saturated rings. The Hall–Kier alpha value is 1.76. The van der Waals surface area contributed by atoms with E-state index in [1.165, 1.54) is 0 Å². The highest BCUT2D eigenvalue weighted by molar-refractivity contribution is 9.23. The van der Waals surface area contributed by atoms with Crippen molar-refractivity contribution in [3.63, 3.8) is 0 Å². The zero-order valence-electron chi connectivity index (χ0n) is 4.70. The predicted molar refractivity (Wildman–Crippen MR) is 51.5 cm³/mol. The molecule has 0 aliphatic carbocycles. The second-order valence-electron chi connectivity index (χ2n) is 2.25. The summed E-state index contributed by atoms with van der Waals surface area (Å²) in [5.74, 6) is 0.0910. The number of rotatable bonds is 2. The third-order valence-corrected chi connectivity index (χ3v) is 3.79. The van der Waals surface area contributed by atoms with Crippen molar-refractivity contribution < 1.29 is 4.74 Å². The van der Waals surface area contributed by atoms with Gasteiger partial charge in [0.2, 0.25) is 0 Å². The highest BCUT2D eigenvalue weighted by Crippen LogP contribution is 3.09. The minimum absolute atomic E-state index is 0.0795. The fourth-order valence-corrected chi connectivity index (χ4v) is 3.52. The zero-order chi connectivity index (χ0) is 8.11. The molecule has 1 aliphatic rings. The molecule has 64 valence electrons. The largest absolute Gasteiger partial charge is 0.372 e. The van der Waals surface area contributed by atoms with E-state index >= 15 is 0 Å². The number of epoxide rings is 1. The molecular formula is C3H5Cl5OS. The molecule has 10 heavy (non-hydrogen) atoms. The maximum absolute atomic E-state index is 5.58. The normalized spacial score (nSPS) is 32.7. The summed E-state index contributed by atoms with van der Waals surface area (Å²) >= 11 is 0. The van der Waals surface area contributed by atoms with Gasteiger partial charge in [-0.2, -0.15) is 0 Å². The third-order valence-electron chi connectivity index (χ3n) is 0.903. The summed E-state index contributed by atoms with van der Waals surface area (Å²) < 4.78 is 0.520. The number of hydrogen-bond donors (Lipinski definition) is 0. The van der Waals surface area contributed by atoms with Crippen LogP contribution in [0.1, 0.15) is 0 Å². The Bertz CT molecular complexity index is 153. The van der Waals surface area contributed by atoms with E-state index in [1.807, 2.05) is 0 Å². The standard InChI is InChI=1S/C3H5Cl5OS/c4-10(5,6,7,8)2-3-1-9-3/h3H,1-2H2. The molecule has 1 heterocycles. The van der Waals surface area contributed by atoms with Crippen LogP contribution in [-0.4, -0.2) is 18.5 Å². The molecule has 1 rings (SSSR count). The molecule has 0 radical (unpaired) electrons. The summed E-state index contributed by atoms with van der Waals surface area (Å²) in [5, 5.41) is 0. The Labute approximate surface area is 80.6 Å². The van der Waals surface area contributed by atoms with Crippen LogP contribution in [0.2, 0.25) is 0 Å². The van der Waals surface area contributed by atoms with E-state index in [1.54, 1.807) is 0 Å². The van der Waals surface area contributed by atoms with Gasteiger partial charge in [0.25, 0.3) is 0 Å². The van der Waals surface area contributed by atoms with Crippen LogP contribution in [0, 0.1) is 0 Å². The van der Waals surface area contributed by atoms with Crippen molar-refractivity contribution in [3.05, 3.63) is 0 Å². The summed E-state index contributed by atoms with van der Waals surface area (Å²) in [4.78, 5) is 0. The van der Waals surface area contributed by atoms with Gasteiger partial charge < -0.3 is 4.74 Å². The molecule has 1 aliphatic heterocycles. The van der Waals surface area contributed by atoms with Crippen molar-refractivity contribution in [1.29, 1.82) is 0 Å². The maximum Gasteiger partial charge on any atom is 0.0923 e. The van der Waals surface area contributed by atoms with Crippen LogP contribution in [0.5, 0.6) is 0 Å². The topological polar surface area (TPSA) is 12.5 Å². The molecule has 0 bridgehead atoms. The Morgan fingerprint density at radius 2 is 1.60 bits per heavy atom. The van der Waals surface area contributed by atoms with Crippen molar-refractivity contribution >= 4 is 57.8 Å².